The molecule has 10 heteroatoms. The summed E-state index contributed by atoms with van der Waals surface area (Å²) in [5.41, 5.74) is 5.28. The monoisotopic (exact) mass is 269 g/mol. The summed E-state index contributed by atoms with van der Waals surface area (Å²) in [6, 6.07) is 0. The average molecular weight is 269 g/mol. The molecule has 3 heterocycles. The molecule has 19 heavy (non-hydrogen) atoms. The van der Waals surface area contributed by atoms with Crippen molar-refractivity contribution in [2.45, 2.75) is 12.6 Å². The van der Waals surface area contributed by atoms with Gasteiger partial charge in [0.1, 0.15) is 12.9 Å². The highest BCUT2D eigenvalue weighted by Gasteiger charge is 2.28. The molecule has 0 aliphatic carbocycles. The first-order chi connectivity index (χ1) is 9.17. The molecule has 1 fully saturated rings. The van der Waals surface area contributed by atoms with Crippen molar-refractivity contribution in [3.05, 3.63) is 16.7 Å². The number of hydrogen-bond acceptors (Lipinski definition) is 8. The van der Waals surface area contributed by atoms with Gasteiger partial charge in [0.15, 0.2) is 11.8 Å². The second-order valence-corrected chi connectivity index (χ2v) is 3.81. The number of anilines is 1. The Morgan fingerprint density at radius 2 is 2.53 bits per heavy atom. The van der Waals surface area contributed by atoms with Crippen LogP contribution < -0.4 is 16.1 Å². The minimum atomic E-state index is -0.725. The molecule has 0 amide bonds. The second kappa shape index (κ2) is 4.50. The normalized spacial score (nSPS) is 23.0. The molecule has 0 bridgehead atoms. The average Bonchev–Trinajstić information content (AvgIpc) is 2.97. The number of aromatic nitrogens is 4. The van der Waals surface area contributed by atoms with E-state index in [0.29, 0.717) is 0 Å². The van der Waals surface area contributed by atoms with Gasteiger partial charge in [-0.1, -0.05) is 0 Å². The van der Waals surface area contributed by atoms with Crippen molar-refractivity contribution < 1.29 is 19.4 Å². The third kappa shape index (κ3) is 2.12. The van der Waals surface area contributed by atoms with E-state index in [1.807, 2.05) is 0 Å². The SMILES string of the molecule is Nc1nc2c(ncn2O[C@H]2CO[C@@H](CO)O2)c(=O)[nH]1. The van der Waals surface area contributed by atoms with Gasteiger partial charge in [0.05, 0.1) is 6.61 Å². The number of nitrogens with two attached hydrogens (primary N) is 1. The fourth-order valence-electron chi connectivity index (χ4n) is 1.70. The molecule has 4 N–H and O–H groups in total. The van der Waals surface area contributed by atoms with Gasteiger partial charge in [-0.15, -0.1) is 4.73 Å². The summed E-state index contributed by atoms with van der Waals surface area (Å²) in [4.78, 5) is 27.1. The van der Waals surface area contributed by atoms with Gasteiger partial charge in [-0.2, -0.15) is 4.98 Å². The van der Waals surface area contributed by atoms with E-state index in [0.717, 1.165) is 0 Å². The van der Waals surface area contributed by atoms with Gasteiger partial charge in [-0.3, -0.25) is 9.78 Å². The quantitative estimate of drug-likeness (QED) is 0.572. The number of aromatic amines is 1. The number of H-pyrrole nitrogens is 1. The third-order valence-corrected chi connectivity index (χ3v) is 2.50. The number of ether oxygens (including phenoxy) is 2. The molecule has 2 atom stereocenters. The van der Waals surface area contributed by atoms with Crippen LogP contribution in [0, 0.1) is 0 Å². The largest absolute Gasteiger partial charge is 0.391 e. The first-order valence-corrected chi connectivity index (χ1v) is 5.45. The van der Waals surface area contributed by atoms with Crippen molar-refractivity contribution in [2.24, 2.45) is 0 Å². The Hall–Kier alpha value is -2.17. The van der Waals surface area contributed by atoms with E-state index in [4.69, 9.17) is 25.2 Å². The van der Waals surface area contributed by atoms with E-state index in [1.54, 1.807) is 0 Å². The number of hydrogen-bond donors (Lipinski definition) is 3. The molecule has 1 saturated heterocycles. The molecule has 0 saturated carbocycles. The lowest BCUT2D eigenvalue weighted by molar-refractivity contribution is -0.155. The van der Waals surface area contributed by atoms with E-state index in [1.165, 1.54) is 11.1 Å². The molecule has 1 aliphatic heterocycles. The smallest absolute Gasteiger partial charge is 0.280 e. The lowest BCUT2D eigenvalue weighted by Crippen LogP contribution is -2.28. The molecule has 0 aromatic carbocycles. The van der Waals surface area contributed by atoms with Crippen molar-refractivity contribution in [3.8, 4) is 0 Å². The van der Waals surface area contributed by atoms with Gasteiger partial charge in [0.25, 0.3) is 11.8 Å². The van der Waals surface area contributed by atoms with Gasteiger partial charge >= 0.3 is 0 Å². The van der Waals surface area contributed by atoms with Crippen LogP contribution in [0.1, 0.15) is 0 Å². The predicted molar refractivity (Wildman–Crippen MR) is 60.8 cm³/mol. The molecule has 3 rings (SSSR count). The van der Waals surface area contributed by atoms with E-state index in [2.05, 4.69) is 15.0 Å². The zero-order valence-electron chi connectivity index (χ0n) is 9.65. The summed E-state index contributed by atoms with van der Waals surface area (Å²) in [6.07, 6.45) is -0.166. The number of aliphatic hydroxyl groups excluding tert-OH is 1. The molecule has 10 nitrogen and oxygen atoms in total. The number of nitrogens with one attached hydrogen (secondary N) is 1. The first-order valence-electron chi connectivity index (χ1n) is 5.45. The summed E-state index contributed by atoms with van der Waals surface area (Å²) >= 11 is 0. The molecule has 0 spiro atoms. The Morgan fingerprint density at radius 3 is 3.26 bits per heavy atom. The maximum atomic E-state index is 11.6. The van der Waals surface area contributed by atoms with E-state index in [9.17, 15) is 4.79 Å². The minimum Gasteiger partial charge on any atom is -0.391 e. The van der Waals surface area contributed by atoms with Gasteiger partial charge in [0, 0.05) is 0 Å². The molecular formula is C9H11N5O5. The van der Waals surface area contributed by atoms with Gasteiger partial charge in [-0.05, 0) is 0 Å². The van der Waals surface area contributed by atoms with Crippen LogP contribution in [-0.2, 0) is 9.47 Å². The van der Waals surface area contributed by atoms with Crippen LogP contribution in [0.3, 0.4) is 0 Å². The molecule has 0 radical (unpaired) electrons. The van der Waals surface area contributed by atoms with Crippen molar-refractivity contribution in [1.82, 2.24) is 19.7 Å². The summed E-state index contributed by atoms with van der Waals surface area (Å²) in [7, 11) is 0. The van der Waals surface area contributed by atoms with Crippen LogP contribution in [-0.4, -0.2) is 50.6 Å². The maximum absolute atomic E-state index is 11.6. The summed E-state index contributed by atoms with van der Waals surface area (Å²) in [6.45, 7) is -0.126. The Balaban J connectivity index is 1.88. The Kier molecular flexibility index (Phi) is 2.81. The van der Waals surface area contributed by atoms with Gasteiger partial charge in [-0.25, -0.2) is 4.98 Å². The fourth-order valence-corrected chi connectivity index (χ4v) is 1.70. The predicted octanol–water partition coefficient (Wildman–Crippen LogP) is -2.18. The highest BCUT2D eigenvalue weighted by Crippen LogP contribution is 2.12. The number of nitrogen functional groups attached to an aromatic ring is 1. The van der Waals surface area contributed by atoms with Gasteiger partial charge < -0.3 is 25.2 Å². The van der Waals surface area contributed by atoms with Gasteiger partial charge in [0.2, 0.25) is 11.6 Å². The maximum Gasteiger partial charge on any atom is 0.280 e. The summed E-state index contributed by atoms with van der Waals surface area (Å²) in [5, 5.41) is 8.86. The Labute approximate surface area is 105 Å². The van der Waals surface area contributed by atoms with Crippen LogP contribution in [0.15, 0.2) is 11.1 Å². The molecule has 1 aliphatic rings. The highest BCUT2D eigenvalue weighted by atomic mass is 16.9. The summed E-state index contributed by atoms with van der Waals surface area (Å²) < 4.78 is 11.5. The van der Waals surface area contributed by atoms with Crippen LogP contribution in [0.5, 0.6) is 0 Å². The van der Waals surface area contributed by atoms with Crippen molar-refractivity contribution in [2.75, 3.05) is 18.9 Å². The van der Waals surface area contributed by atoms with Crippen LogP contribution in [0.2, 0.25) is 0 Å². The van der Waals surface area contributed by atoms with Crippen LogP contribution >= 0.6 is 0 Å². The topological polar surface area (TPSA) is 138 Å². The van der Waals surface area contributed by atoms with Crippen molar-refractivity contribution in [3.63, 3.8) is 0 Å². The van der Waals surface area contributed by atoms with Crippen LogP contribution in [0.25, 0.3) is 11.2 Å². The van der Waals surface area contributed by atoms with E-state index >= 15 is 0 Å². The lowest BCUT2D eigenvalue weighted by Gasteiger charge is -2.12. The second-order valence-electron chi connectivity index (χ2n) is 3.81. The number of aliphatic hydroxyl groups is 1. The van der Waals surface area contributed by atoms with Crippen molar-refractivity contribution in [1.29, 1.82) is 0 Å². The third-order valence-electron chi connectivity index (χ3n) is 2.50. The van der Waals surface area contributed by atoms with E-state index < -0.39 is 18.1 Å². The zero-order valence-corrected chi connectivity index (χ0v) is 9.65. The minimum absolute atomic E-state index is 0.0420. The summed E-state index contributed by atoms with van der Waals surface area (Å²) in [5.74, 6) is -0.0420. The molecule has 2 aromatic heterocycles. The lowest BCUT2D eigenvalue weighted by atomic mass is 10.5. The van der Waals surface area contributed by atoms with E-state index in [-0.39, 0.29) is 30.3 Å². The zero-order chi connectivity index (χ0) is 13.4. The number of fused-ring (bicyclic) bond motifs is 1. The molecule has 0 unspecified atom stereocenters. The molecule has 2 aromatic rings. The fraction of sp³-hybridized carbons (Fsp3) is 0.444. The Morgan fingerprint density at radius 1 is 1.68 bits per heavy atom. The number of rotatable bonds is 3. The molecule has 102 valence electrons. The van der Waals surface area contributed by atoms with Crippen LogP contribution in [0.4, 0.5) is 5.95 Å². The number of imidazole rings is 1. The number of nitrogens with zero attached hydrogens (tertiary/aromatic N) is 3. The first kappa shape index (κ1) is 11.9. The van der Waals surface area contributed by atoms with Crippen molar-refractivity contribution >= 4 is 17.1 Å². The Bertz CT molecular complexity index is 652. The highest BCUT2D eigenvalue weighted by molar-refractivity contribution is 5.69. The standard InChI is InChI=1S/C9H11N5O5/c10-9-12-7-6(8(16)13-9)11-3-14(7)19-5-2-17-4(1-15)18-5/h3-5,15H,1-2H2,(H3,10,12,13,16)/t4-,5+/m1/s1. The molecular weight excluding hydrogens is 258 g/mol.